The summed E-state index contributed by atoms with van der Waals surface area (Å²) in [5, 5.41) is 0. The quantitative estimate of drug-likeness (QED) is 0.803. The number of fused-ring (bicyclic) bond motifs is 1. The smallest absolute Gasteiger partial charge is 0.226 e. The molecule has 2 aromatic rings. The van der Waals surface area contributed by atoms with E-state index in [1.165, 1.54) is 16.0 Å². The number of carbonyl (C=O) groups is 1. The highest BCUT2D eigenvalue weighted by Crippen LogP contribution is 2.27. The van der Waals surface area contributed by atoms with Gasteiger partial charge in [-0.3, -0.25) is 9.69 Å². The molecule has 0 unspecified atom stereocenters. The Balaban J connectivity index is 1.31. The van der Waals surface area contributed by atoms with E-state index in [0.29, 0.717) is 5.91 Å². The van der Waals surface area contributed by atoms with E-state index in [-0.39, 0.29) is 5.92 Å². The number of thiophene rings is 1. The number of amides is 1. The van der Waals surface area contributed by atoms with Crippen LogP contribution in [0.2, 0.25) is 4.34 Å². The van der Waals surface area contributed by atoms with Gasteiger partial charge in [-0.2, -0.15) is 0 Å². The van der Waals surface area contributed by atoms with Gasteiger partial charge in [-0.15, -0.1) is 11.3 Å². The molecule has 0 N–H and O–H groups in total. The summed E-state index contributed by atoms with van der Waals surface area (Å²) < 4.78 is 0.852. The number of carbonyl (C=O) groups excluding carboxylic acids is 1. The number of piperidine rings is 1. The summed E-state index contributed by atoms with van der Waals surface area (Å²) in [6, 6.07) is 12.6. The lowest BCUT2D eigenvalue weighted by molar-refractivity contribution is -0.138. The molecule has 0 aliphatic carbocycles. The number of halogens is 1. The predicted octanol–water partition coefficient (Wildman–Crippen LogP) is 4.20. The summed E-state index contributed by atoms with van der Waals surface area (Å²) in [5.41, 5.74) is 2.71. The Morgan fingerprint density at radius 1 is 1.08 bits per heavy atom. The number of hydrogen-bond acceptors (Lipinski definition) is 3. The number of likely N-dealkylation sites (tertiary alicyclic amines) is 1. The van der Waals surface area contributed by atoms with E-state index < -0.39 is 0 Å². The number of hydrogen-bond donors (Lipinski definition) is 0. The molecule has 3 heterocycles. The third-order valence-corrected chi connectivity index (χ3v) is 6.60. The van der Waals surface area contributed by atoms with Gasteiger partial charge < -0.3 is 4.90 Å². The summed E-state index contributed by atoms with van der Waals surface area (Å²) in [6.07, 6.45) is 2.92. The fourth-order valence-electron chi connectivity index (χ4n) is 3.94. The highest BCUT2D eigenvalue weighted by molar-refractivity contribution is 7.16. The number of nitrogens with zero attached hydrogens (tertiary/aromatic N) is 2. The fraction of sp³-hybridized carbons (Fsp3) is 0.450. The van der Waals surface area contributed by atoms with E-state index in [2.05, 4.69) is 40.1 Å². The Hall–Kier alpha value is -1.36. The van der Waals surface area contributed by atoms with Crippen LogP contribution < -0.4 is 0 Å². The minimum atomic E-state index is 0.188. The van der Waals surface area contributed by atoms with Crippen molar-refractivity contribution in [3.05, 3.63) is 56.7 Å². The van der Waals surface area contributed by atoms with Crippen molar-refractivity contribution in [2.75, 3.05) is 19.6 Å². The van der Waals surface area contributed by atoms with Crippen molar-refractivity contribution in [2.45, 2.75) is 32.4 Å². The second-order valence-electron chi connectivity index (χ2n) is 7.03. The summed E-state index contributed by atoms with van der Waals surface area (Å²) in [7, 11) is 0. The first-order chi connectivity index (χ1) is 12.2. The SMILES string of the molecule is O=C(C1CCN(Cc2ccc(Cl)s2)CC1)N1CCc2ccccc2C1. The Bertz CT molecular complexity index is 752. The first-order valence-corrected chi connectivity index (χ1v) is 10.2. The molecule has 0 bridgehead atoms. The van der Waals surface area contributed by atoms with E-state index in [0.717, 1.165) is 56.3 Å². The van der Waals surface area contributed by atoms with Crippen LogP contribution in [0.25, 0.3) is 0 Å². The molecule has 0 atom stereocenters. The molecule has 1 amide bonds. The maximum Gasteiger partial charge on any atom is 0.226 e. The van der Waals surface area contributed by atoms with Crippen LogP contribution in [0.5, 0.6) is 0 Å². The van der Waals surface area contributed by atoms with E-state index in [1.54, 1.807) is 11.3 Å². The van der Waals surface area contributed by atoms with Gasteiger partial charge in [0.2, 0.25) is 5.91 Å². The Morgan fingerprint density at radius 3 is 2.56 bits per heavy atom. The van der Waals surface area contributed by atoms with Crippen molar-refractivity contribution < 1.29 is 4.79 Å². The number of benzene rings is 1. The molecule has 4 rings (SSSR count). The highest BCUT2D eigenvalue weighted by Gasteiger charge is 2.30. The largest absolute Gasteiger partial charge is 0.338 e. The van der Waals surface area contributed by atoms with Gasteiger partial charge >= 0.3 is 0 Å². The zero-order valence-corrected chi connectivity index (χ0v) is 15.9. The van der Waals surface area contributed by atoms with Crippen molar-refractivity contribution in [3.8, 4) is 0 Å². The Kier molecular flexibility index (Phi) is 5.11. The second kappa shape index (κ2) is 7.48. The number of rotatable bonds is 3. The van der Waals surface area contributed by atoms with Crippen molar-refractivity contribution >= 4 is 28.8 Å². The first-order valence-electron chi connectivity index (χ1n) is 9.01. The first kappa shape index (κ1) is 17.1. The van der Waals surface area contributed by atoms with Gasteiger partial charge in [0.1, 0.15) is 0 Å². The molecule has 0 radical (unpaired) electrons. The van der Waals surface area contributed by atoms with Crippen LogP contribution in [0.15, 0.2) is 36.4 Å². The second-order valence-corrected chi connectivity index (χ2v) is 8.83. The highest BCUT2D eigenvalue weighted by atomic mass is 35.5. The van der Waals surface area contributed by atoms with Crippen LogP contribution in [0, 0.1) is 5.92 Å². The lowest BCUT2D eigenvalue weighted by Gasteiger charge is -2.36. The lowest BCUT2D eigenvalue weighted by atomic mass is 9.93. The third-order valence-electron chi connectivity index (χ3n) is 5.39. The van der Waals surface area contributed by atoms with E-state index >= 15 is 0 Å². The maximum atomic E-state index is 12.9. The van der Waals surface area contributed by atoms with Crippen molar-refractivity contribution in [3.63, 3.8) is 0 Å². The molecule has 3 nitrogen and oxygen atoms in total. The molecule has 132 valence electrons. The molecular weight excluding hydrogens is 352 g/mol. The van der Waals surface area contributed by atoms with Crippen LogP contribution in [0.3, 0.4) is 0 Å². The van der Waals surface area contributed by atoms with E-state index in [4.69, 9.17) is 11.6 Å². The van der Waals surface area contributed by atoms with Crippen LogP contribution in [0.4, 0.5) is 0 Å². The molecule has 1 fully saturated rings. The topological polar surface area (TPSA) is 23.6 Å². The third kappa shape index (κ3) is 3.91. The molecule has 1 aromatic heterocycles. The summed E-state index contributed by atoms with van der Waals surface area (Å²) in [6.45, 7) is 4.59. The summed E-state index contributed by atoms with van der Waals surface area (Å²) in [4.78, 5) is 18.7. The normalized spacial score (nSPS) is 19.0. The average Bonchev–Trinajstić information content (AvgIpc) is 3.06. The van der Waals surface area contributed by atoms with Crippen LogP contribution in [-0.4, -0.2) is 35.3 Å². The van der Waals surface area contributed by atoms with Crippen LogP contribution >= 0.6 is 22.9 Å². The van der Waals surface area contributed by atoms with Gasteiger partial charge in [0.05, 0.1) is 4.34 Å². The van der Waals surface area contributed by atoms with Gasteiger partial charge in [-0.25, -0.2) is 0 Å². The van der Waals surface area contributed by atoms with Crippen LogP contribution in [-0.2, 0) is 24.3 Å². The van der Waals surface area contributed by atoms with Crippen molar-refractivity contribution in [1.82, 2.24) is 9.80 Å². The summed E-state index contributed by atoms with van der Waals surface area (Å²) in [5.74, 6) is 0.543. The maximum absolute atomic E-state index is 12.9. The molecule has 1 saturated heterocycles. The molecular formula is C20H23ClN2OS. The summed E-state index contributed by atoms with van der Waals surface area (Å²) >= 11 is 7.67. The molecule has 0 spiro atoms. The fourth-order valence-corrected chi connectivity index (χ4v) is 5.07. The zero-order chi connectivity index (χ0) is 17.2. The van der Waals surface area contributed by atoms with Gasteiger partial charge in [-0.05, 0) is 55.6 Å². The molecule has 2 aliphatic rings. The molecule has 5 heteroatoms. The van der Waals surface area contributed by atoms with Crippen LogP contribution in [0.1, 0.15) is 28.8 Å². The molecule has 0 saturated carbocycles. The Morgan fingerprint density at radius 2 is 1.84 bits per heavy atom. The predicted molar refractivity (Wildman–Crippen MR) is 103 cm³/mol. The Labute approximate surface area is 158 Å². The van der Waals surface area contributed by atoms with Gasteiger partial charge in [0, 0.05) is 30.4 Å². The average molecular weight is 375 g/mol. The monoisotopic (exact) mass is 374 g/mol. The standard InChI is InChI=1S/C20H23ClN2OS/c21-19-6-5-18(25-19)14-22-10-7-16(8-11-22)20(24)23-12-9-15-3-1-2-4-17(15)13-23/h1-6,16H,7-14H2. The zero-order valence-electron chi connectivity index (χ0n) is 14.3. The van der Waals surface area contributed by atoms with Gasteiger partial charge in [0.15, 0.2) is 0 Å². The van der Waals surface area contributed by atoms with E-state index in [9.17, 15) is 4.79 Å². The molecule has 2 aliphatic heterocycles. The van der Waals surface area contributed by atoms with Gasteiger partial charge in [0.25, 0.3) is 0 Å². The van der Waals surface area contributed by atoms with Crippen molar-refractivity contribution in [2.24, 2.45) is 5.92 Å². The molecule has 25 heavy (non-hydrogen) atoms. The van der Waals surface area contributed by atoms with Crippen molar-refractivity contribution in [1.29, 1.82) is 0 Å². The van der Waals surface area contributed by atoms with Gasteiger partial charge in [-0.1, -0.05) is 35.9 Å². The lowest BCUT2D eigenvalue weighted by Crippen LogP contribution is -2.44. The minimum absolute atomic E-state index is 0.188. The molecule has 1 aromatic carbocycles. The minimum Gasteiger partial charge on any atom is -0.338 e. The van der Waals surface area contributed by atoms with E-state index in [1.807, 2.05) is 6.07 Å².